The van der Waals surface area contributed by atoms with Crippen LogP contribution in [-0.2, 0) is 16.1 Å². The molecule has 5 heteroatoms. The molecule has 1 aromatic heterocycles. The molecule has 2 amide bonds. The second kappa shape index (κ2) is 6.99. The molecule has 2 N–H and O–H groups in total. The number of nitrogens with one attached hydrogen (secondary N) is 2. The minimum absolute atomic E-state index is 0.0441. The summed E-state index contributed by atoms with van der Waals surface area (Å²) in [4.78, 5) is 24.3. The molecule has 0 radical (unpaired) electrons. The maximum Gasteiger partial charge on any atom is 0.224 e. The Kier molecular flexibility index (Phi) is 4.80. The third-order valence-corrected chi connectivity index (χ3v) is 4.68. The van der Waals surface area contributed by atoms with Gasteiger partial charge >= 0.3 is 0 Å². The fraction of sp³-hybridized carbons (Fsp3) is 0.647. The van der Waals surface area contributed by atoms with Gasteiger partial charge in [0, 0.05) is 6.04 Å². The van der Waals surface area contributed by atoms with Gasteiger partial charge in [0.2, 0.25) is 11.8 Å². The molecule has 2 atom stereocenters. The van der Waals surface area contributed by atoms with Gasteiger partial charge in [0.15, 0.2) is 0 Å². The second-order valence-electron chi connectivity index (χ2n) is 6.44. The van der Waals surface area contributed by atoms with Gasteiger partial charge in [0.25, 0.3) is 0 Å². The molecular formula is C17H24N2O3. The highest BCUT2D eigenvalue weighted by Crippen LogP contribution is 2.39. The van der Waals surface area contributed by atoms with Crippen molar-refractivity contribution < 1.29 is 14.0 Å². The van der Waals surface area contributed by atoms with Gasteiger partial charge in [-0.1, -0.05) is 25.7 Å². The van der Waals surface area contributed by atoms with E-state index in [4.69, 9.17) is 4.42 Å². The molecule has 120 valence electrons. The molecular weight excluding hydrogens is 280 g/mol. The molecule has 0 saturated heterocycles. The standard InChI is InChI=1S/C17H24N2O3/c20-16(18-11-13-8-5-9-22-13)14-10-15(14)17(21)19-12-6-3-1-2-4-7-12/h5,8-9,12,14-15H,1-4,6-7,10-11H2,(H,18,20)(H,19,21). The third kappa shape index (κ3) is 3.90. The van der Waals surface area contributed by atoms with Crippen LogP contribution in [-0.4, -0.2) is 17.9 Å². The van der Waals surface area contributed by atoms with Crippen molar-refractivity contribution in [3.63, 3.8) is 0 Å². The summed E-state index contributed by atoms with van der Waals surface area (Å²) < 4.78 is 5.18. The predicted octanol–water partition coefficient (Wildman–Crippen LogP) is 2.37. The highest BCUT2D eigenvalue weighted by Gasteiger charge is 2.48. The van der Waals surface area contributed by atoms with Gasteiger partial charge in [-0.15, -0.1) is 0 Å². The fourth-order valence-electron chi connectivity index (χ4n) is 3.22. The Morgan fingerprint density at radius 2 is 1.82 bits per heavy atom. The zero-order valence-corrected chi connectivity index (χ0v) is 12.8. The summed E-state index contributed by atoms with van der Waals surface area (Å²) >= 11 is 0. The van der Waals surface area contributed by atoms with Crippen LogP contribution in [0.1, 0.15) is 50.7 Å². The second-order valence-corrected chi connectivity index (χ2v) is 6.44. The number of amides is 2. The zero-order chi connectivity index (χ0) is 15.4. The predicted molar refractivity (Wildman–Crippen MR) is 81.8 cm³/mol. The molecule has 1 aromatic rings. The van der Waals surface area contributed by atoms with E-state index >= 15 is 0 Å². The van der Waals surface area contributed by atoms with E-state index in [1.165, 1.54) is 25.7 Å². The first-order valence-corrected chi connectivity index (χ1v) is 8.34. The number of carbonyl (C=O) groups is 2. The van der Waals surface area contributed by atoms with Crippen molar-refractivity contribution >= 4 is 11.8 Å². The molecule has 0 spiro atoms. The van der Waals surface area contributed by atoms with E-state index < -0.39 is 0 Å². The van der Waals surface area contributed by atoms with Crippen molar-refractivity contribution in [3.8, 4) is 0 Å². The monoisotopic (exact) mass is 304 g/mol. The van der Waals surface area contributed by atoms with Crippen molar-refractivity contribution in [2.45, 2.75) is 57.5 Å². The van der Waals surface area contributed by atoms with E-state index in [1.807, 2.05) is 6.07 Å². The summed E-state index contributed by atoms with van der Waals surface area (Å²) in [7, 11) is 0. The lowest BCUT2D eigenvalue weighted by molar-refractivity contribution is -0.127. The lowest BCUT2D eigenvalue weighted by Gasteiger charge is -2.16. The van der Waals surface area contributed by atoms with E-state index in [0.717, 1.165) is 18.6 Å². The summed E-state index contributed by atoms with van der Waals surface area (Å²) in [6, 6.07) is 3.92. The van der Waals surface area contributed by atoms with E-state index in [2.05, 4.69) is 10.6 Å². The van der Waals surface area contributed by atoms with Crippen molar-refractivity contribution in [1.82, 2.24) is 10.6 Å². The molecule has 2 saturated carbocycles. The van der Waals surface area contributed by atoms with Crippen LogP contribution >= 0.6 is 0 Å². The van der Waals surface area contributed by atoms with Crippen LogP contribution in [0.15, 0.2) is 22.8 Å². The topological polar surface area (TPSA) is 71.3 Å². The minimum atomic E-state index is -0.166. The number of rotatable bonds is 5. The van der Waals surface area contributed by atoms with Crippen LogP contribution in [0.4, 0.5) is 0 Å². The van der Waals surface area contributed by atoms with Crippen LogP contribution in [0.2, 0.25) is 0 Å². The molecule has 0 aromatic carbocycles. The maximum atomic E-state index is 12.2. The lowest BCUT2D eigenvalue weighted by Crippen LogP contribution is -2.36. The summed E-state index contributed by atoms with van der Waals surface area (Å²) in [5, 5.41) is 5.97. The average Bonchev–Trinajstić information content (AvgIpc) is 3.22. The first kappa shape index (κ1) is 15.1. The quantitative estimate of drug-likeness (QED) is 0.820. The molecule has 2 aliphatic rings. The molecule has 3 rings (SSSR count). The van der Waals surface area contributed by atoms with Crippen LogP contribution < -0.4 is 10.6 Å². The Hall–Kier alpha value is -1.78. The van der Waals surface area contributed by atoms with Crippen molar-refractivity contribution in [2.24, 2.45) is 11.8 Å². The van der Waals surface area contributed by atoms with Crippen LogP contribution in [0.5, 0.6) is 0 Å². The van der Waals surface area contributed by atoms with Gasteiger partial charge in [0.1, 0.15) is 5.76 Å². The van der Waals surface area contributed by atoms with Gasteiger partial charge in [-0.3, -0.25) is 9.59 Å². The Morgan fingerprint density at radius 1 is 1.09 bits per heavy atom. The summed E-state index contributed by atoms with van der Waals surface area (Å²) in [6.07, 6.45) is 9.35. The Labute approximate surface area is 130 Å². The highest BCUT2D eigenvalue weighted by atomic mass is 16.3. The largest absolute Gasteiger partial charge is 0.467 e. The van der Waals surface area contributed by atoms with Crippen LogP contribution in [0, 0.1) is 11.8 Å². The molecule has 2 aliphatic carbocycles. The maximum absolute atomic E-state index is 12.2. The average molecular weight is 304 g/mol. The molecule has 0 bridgehead atoms. The smallest absolute Gasteiger partial charge is 0.224 e. The molecule has 5 nitrogen and oxygen atoms in total. The van der Waals surface area contributed by atoms with Crippen molar-refractivity contribution in [1.29, 1.82) is 0 Å². The fourth-order valence-corrected chi connectivity index (χ4v) is 3.22. The number of carbonyl (C=O) groups excluding carboxylic acids is 2. The highest BCUT2D eigenvalue weighted by molar-refractivity contribution is 5.92. The first-order chi connectivity index (χ1) is 10.7. The number of hydrogen-bond acceptors (Lipinski definition) is 3. The molecule has 1 heterocycles. The summed E-state index contributed by atoms with van der Waals surface area (Å²) in [6.45, 7) is 0.388. The van der Waals surface area contributed by atoms with Crippen LogP contribution in [0.3, 0.4) is 0 Å². The van der Waals surface area contributed by atoms with E-state index in [0.29, 0.717) is 19.0 Å². The molecule has 0 aliphatic heterocycles. The van der Waals surface area contributed by atoms with Crippen molar-refractivity contribution in [3.05, 3.63) is 24.2 Å². The van der Waals surface area contributed by atoms with Crippen molar-refractivity contribution in [2.75, 3.05) is 0 Å². The zero-order valence-electron chi connectivity index (χ0n) is 12.8. The van der Waals surface area contributed by atoms with E-state index in [9.17, 15) is 9.59 Å². The van der Waals surface area contributed by atoms with E-state index in [-0.39, 0.29) is 23.7 Å². The van der Waals surface area contributed by atoms with Gasteiger partial charge in [0.05, 0.1) is 24.6 Å². The first-order valence-electron chi connectivity index (χ1n) is 8.34. The Morgan fingerprint density at radius 3 is 2.50 bits per heavy atom. The van der Waals surface area contributed by atoms with E-state index in [1.54, 1.807) is 12.3 Å². The lowest BCUT2D eigenvalue weighted by atomic mass is 10.1. The minimum Gasteiger partial charge on any atom is -0.467 e. The van der Waals surface area contributed by atoms with Gasteiger partial charge < -0.3 is 15.1 Å². The molecule has 2 unspecified atom stereocenters. The van der Waals surface area contributed by atoms with Crippen LogP contribution in [0.25, 0.3) is 0 Å². The van der Waals surface area contributed by atoms with Gasteiger partial charge in [-0.25, -0.2) is 0 Å². The molecule has 2 fully saturated rings. The third-order valence-electron chi connectivity index (χ3n) is 4.68. The summed E-state index contributed by atoms with van der Waals surface area (Å²) in [5.74, 6) is 0.441. The SMILES string of the molecule is O=C(NCc1ccco1)C1CC1C(=O)NC1CCCCCC1. The number of furan rings is 1. The van der Waals surface area contributed by atoms with Gasteiger partial charge in [-0.2, -0.15) is 0 Å². The van der Waals surface area contributed by atoms with Gasteiger partial charge in [-0.05, 0) is 31.4 Å². The summed E-state index contributed by atoms with van der Waals surface area (Å²) in [5.41, 5.74) is 0. The normalized spacial score (nSPS) is 25.3. The Balaban J connectivity index is 1.40. The number of hydrogen-bond donors (Lipinski definition) is 2. The molecule has 22 heavy (non-hydrogen) atoms. The Bertz CT molecular complexity index is 504.